The van der Waals surface area contributed by atoms with E-state index in [1.54, 1.807) is 24.7 Å². The van der Waals surface area contributed by atoms with Gasteiger partial charge in [0.05, 0.1) is 0 Å². The van der Waals surface area contributed by atoms with Crippen LogP contribution in [0.4, 0.5) is 0 Å². The van der Waals surface area contributed by atoms with Gasteiger partial charge in [-0.1, -0.05) is 0 Å². The van der Waals surface area contributed by atoms with Crippen molar-refractivity contribution in [2.45, 2.75) is 57.2 Å². The summed E-state index contributed by atoms with van der Waals surface area (Å²) in [6.07, 6.45) is 0. The standard InChI is InChI=1S/C11H35O5Si6/c1-12-18(15-20(3,4)5)11-22(8,9)16-19(13-2)10-21(6,7)14-17/h18-19H,10-11,17H2,1-9H3. The van der Waals surface area contributed by atoms with Crippen LogP contribution >= 0.6 is 0 Å². The Morgan fingerprint density at radius 3 is 1.50 bits per heavy atom. The predicted octanol–water partition coefficient (Wildman–Crippen LogP) is 1.64. The van der Waals surface area contributed by atoms with Gasteiger partial charge in [0.25, 0.3) is 0 Å². The molecular formula is C11H35O5Si6. The van der Waals surface area contributed by atoms with Crippen LogP contribution in [-0.4, -0.2) is 68.2 Å². The molecule has 2 unspecified atom stereocenters. The van der Waals surface area contributed by atoms with Crippen LogP contribution in [0, 0.1) is 0 Å². The first-order valence-corrected chi connectivity index (χ1v) is 21.4. The van der Waals surface area contributed by atoms with Gasteiger partial charge in [-0.05, 0) is 45.8 Å². The van der Waals surface area contributed by atoms with Crippen molar-refractivity contribution in [2.75, 3.05) is 14.2 Å². The van der Waals surface area contributed by atoms with Crippen LogP contribution in [0.15, 0.2) is 0 Å². The first-order valence-electron chi connectivity index (χ1n) is 7.68. The highest BCUT2D eigenvalue weighted by Gasteiger charge is 2.37. The van der Waals surface area contributed by atoms with Crippen LogP contribution in [0.3, 0.4) is 0 Å². The fourth-order valence-corrected chi connectivity index (χ4v) is 21.5. The molecule has 0 spiro atoms. The Labute approximate surface area is 146 Å². The quantitative estimate of drug-likeness (QED) is 0.480. The minimum atomic E-state index is -1.84. The van der Waals surface area contributed by atoms with Gasteiger partial charge in [0.15, 0.2) is 35.4 Å². The summed E-state index contributed by atoms with van der Waals surface area (Å²) in [6, 6.07) is 0. The van der Waals surface area contributed by atoms with E-state index in [0.717, 1.165) is 11.3 Å². The molecule has 0 heterocycles. The molecule has 0 aliphatic rings. The third-order valence-electron chi connectivity index (χ3n) is 3.17. The maximum absolute atomic E-state index is 6.48. The largest absolute Gasteiger partial charge is 0.461 e. The minimum Gasteiger partial charge on any atom is -0.461 e. The molecule has 11 heteroatoms. The Bertz CT molecular complexity index is 323. The Morgan fingerprint density at radius 2 is 1.14 bits per heavy atom. The SMILES string of the molecule is CO[SiH](C[Si](C)(C)O[SiH](C[Si](C)(C)O[SiH2])OC)O[Si](C)(C)C. The number of hydrogen-bond donors (Lipinski definition) is 0. The Morgan fingerprint density at radius 1 is 0.727 bits per heavy atom. The lowest BCUT2D eigenvalue weighted by Crippen LogP contribution is -2.49. The third-order valence-corrected chi connectivity index (χ3v) is 25.4. The van der Waals surface area contributed by atoms with E-state index in [0.29, 0.717) is 0 Å². The van der Waals surface area contributed by atoms with Crippen LogP contribution in [-0.2, 0) is 21.2 Å². The Hall–Kier alpha value is 1.10. The Balaban J connectivity index is 4.70. The van der Waals surface area contributed by atoms with Gasteiger partial charge < -0.3 is 21.2 Å². The molecule has 0 saturated heterocycles. The predicted molar refractivity (Wildman–Crippen MR) is 108 cm³/mol. The van der Waals surface area contributed by atoms with Gasteiger partial charge in [-0.3, -0.25) is 0 Å². The van der Waals surface area contributed by atoms with Crippen molar-refractivity contribution >= 4 is 54.0 Å². The Kier molecular flexibility index (Phi) is 10.0. The first kappa shape index (κ1) is 23.1. The summed E-state index contributed by atoms with van der Waals surface area (Å²) < 4.78 is 29.7. The van der Waals surface area contributed by atoms with Crippen molar-refractivity contribution in [2.24, 2.45) is 0 Å². The molecule has 0 amide bonds. The number of hydrogen-bond acceptors (Lipinski definition) is 5. The van der Waals surface area contributed by atoms with Crippen molar-refractivity contribution < 1.29 is 21.2 Å². The molecule has 0 N–H and O–H groups in total. The van der Waals surface area contributed by atoms with Crippen LogP contribution in [0.25, 0.3) is 0 Å². The van der Waals surface area contributed by atoms with Crippen LogP contribution in [0.1, 0.15) is 0 Å². The van der Waals surface area contributed by atoms with Crippen LogP contribution in [0.2, 0.25) is 57.2 Å². The molecule has 0 aliphatic carbocycles. The molecule has 22 heavy (non-hydrogen) atoms. The van der Waals surface area contributed by atoms with Crippen molar-refractivity contribution in [3.63, 3.8) is 0 Å². The molecule has 0 aromatic rings. The molecule has 5 nitrogen and oxygen atoms in total. The fraction of sp³-hybridized carbons (Fsp3) is 1.00. The zero-order valence-electron chi connectivity index (χ0n) is 15.8. The second-order valence-electron chi connectivity index (χ2n) is 7.75. The van der Waals surface area contributed by atoms with Crippen molar-refractivity contribution in [3.05, 3.63) is 0 Å². The van der Waals surface area contributed by atoms with Gasteiger partial charge in [-0.25, -0.2) is 0 Å². The summed E-state index contributed by atoms with van der Waals surface area (Å²) in [5, 5.41) is 0. The highest BCUT2D eigenvalue weighted by molar-refractivity contribution is 6.90. The van der Waals surface area contributed by atoms with E-state index >= 15 is 0 Å². The van der Waals surface area contributed by atoms with E-state index < -0.39 is 43.5 Å². The van der Waals surface area contributed by atoms with E-state index in [9.17, 15) is 0 Å². The third kappa shape index (κ3) is 10.8. The molecule has 133 valence electrons. The summed E-state index contributed by atoms with van der Waals surface area (Å²) in [5.74, 6) is 0. The molecule has 2 atom stereocenters. The van der Waals surface area contributed by atoms with E-state index in [1.165, 1.54) is 0 Å². The molecule has 0 bridgehead atoms. The van der Waals surface area contributed by atoms with Gasteiger partial charge >= 0.3 is 18.6 Å². The summed E-state index contributed by atoms with van der Waals surface area (Å²) in [7, 11) is -3.24. The van der Waals surface area contributed by atoms with E-state index in [4.69, 9.17) is 21.2 Å². The second-order valence-corrected chi connectivity index (χ2v) is 28.0. The average molecular weight is 416 g/mol. The van der Waals surface area contributed by atoms with Crippen molar-refractivity contribution in [1.82, 2.24) is 0 Å². The smallest absolute Gasteiger partial charge is 0.310 e. The summed E-state index contributed by atoms with van der Waals surface area (Å²) >= 11 is 0. The first-order chi connectivity index (χ1) is 9.84. The molecule has 0 rings (SSSR count). The molecule has 0 aliphatic heterocycles. The van der Waals surface area contributed by atoms with E-state index in [1.807, 2.05) is 0 Å². The summed E-state index contributed by atoms with van der Waals surface area (Å²) in [4.78, 5) is 0. The van der Waals surface area contributed by atoms with Gasteiger partial charge in [0.1, 0.15) is 0 Å². The maximum Gasteiger partial charge on any atom is 0.310 e. The van der Waals surface area contributed by atoms with Gasteiger partial charge in [-0.15, -0.1) is 0 Å². The molecule has 1 radical (unpaired) electrons. The zero-order chi connectivity index (χ0) is 17.6. The number of rotatable bonds is 11. The van der Waals surface area contributed by atoms with Crippen molar-refractivity contribution in [1.29, 1.82) is 0 Å². The van der Waals surface area contributed by atoms with Crippen LogP contribution < -0.4 is 0 Å². The zero-order valence-corrected chi connectivity index (χ0v) is 22.5. The second kappa shape index (κ2) is 9.55. The minimum absolute atomic E-state index is 0.970. The highest BCUT2D eigenvalue weighted by atomic mass is 28.5. The molecule has 0 fully saturated rings. The molecular weight excluding hydrogens is 381 g/mol. The molecule has 0 aromatic heterocycles. The maximum atomic E-state index is 6.48. The monoisotopic (exact) mass is 415 g/mol. The lowest BCUT2D eigenvalue weighted by molar-refractivity contribution is 0.323. The molecule has 0 aromatic carbocycles. The molecule has 0 saturated carbocycles. The van der Waals surface area contributed by atoms with Gasteiger partial charge in [0.2, 0.25) is 0 Å². The van der Waals surface area contributed by atoms with Crippen LogP contribution in [0.5, 0.6) is 0 Å². The fourth-order valence-electron chi connectivity index (χ4n) is 2.01. The van der Waals surface area contributed by atoms with E-state index in [2.05, 4.69) is 45.8 Å². The summed E-state index contributed by atoms with van der Waals surface area (Å²) in [5.41, 5.74) is 1.95. The normalized spacial score (nSPS) is 16.6. The van der Waals surface area contributed by atoms with Gasteiger partial charge in [-0.2, -0.15) is 0 Å². The lowest BCUT2D eigenvalue weighted by Gasteiger charge is -2.34. The average Bonchev–Trinajstić information content (AvgIpc) is 2.34. The van der Waals surface area contributed by atoms with Gasteiger partial charge in [0, 0.05) is 25.6 Å². The topological polar surface area (TPSA) is 46.2 Å². The highest BCUT2D eigenvalue weighted by Crippen LogP contribution is 2.21. The van der Waals surface area contributed by atoms with E-state index in [-0.39, 0.29) is 0 Å². The lowest BCUT2D eigenvalue weighted by atomic mass is 11.8. The van der Waals surface area contributed by atoms with Crippen molar-refractivity contribution in [3.8, 4) is 0 Å². The summed E-state index contributed by atoms with van der Waals surface area (Å²) in [6.45, 7) is 15.6.